The number of aryl methyl sites for hydroxylation is 1. The lowest BCUT2D eigenvalue weighted by Crippen LogP contribution is -2.45. The minimum absolute atomic E-state index is 0.0652. The molecule has 2 aromatic carbocycles. The first kappa shape index (κ1) is 21.5. The zero-order valence-electron chi connectivity index (χ0n) is 17.6. The molecule has 1 aliphatic heterocycles. The summed E-state index contributed by atoms with van der Waals surface area (Å²) in [4.78, 5) is 41.0. The standard InChI is InChI=1S/C23H28N4O3/c1-4-17-9-5-6-10-18(17)24-22(29)14-26(3)15-23(30)27-16(2)13-21(28)25-19-11-7-8-12-20(19)27/h5-12,16H,4,13-15H2,1-3H3,(H,24,29)(H,25,28). The smallest absolute Gasteiger partial charge is 0.241 e. The van der Waals surface area contributed by atoms with Crippen LogP contribution in [0.15, 0.2) is 48.5 Å². The number of anilines is 3. The van der Waals surface area contributed by atoms with Crippen molar-refractivity contribution < 1.29 is 14.4 Å². The third kappa shape index (κ3) is 5.04. The van der Waals surface area contributed by atoms with Gasteiger partial charge in [-0.1, -0.05) is 37.3 Å². The molecule has 1 heterocycles. The highest BCUT2D eigenvalue weighted by molar-refractivity contribution is 6.05. The van der Waals surface area contributed by atoms with E-state index in [2.05, 4.69) is 10.6 Å². The fourth-order valence-corrected chi connectivity index (χ4v) is 3.72. The molecule has 0 spiro atoms. The molecule has 1 aliphatic rings. The highest BCUT2D eigenvalue weighted by Crippen LogP contribution is 2.31. The van der Waals surface area contributed by atoms with Crippen LogP contribution < -0.4 is 15.5 Å². The molecular weight excluding hydrogens is 380 g/mol. The topological polar surface area (TPSA) is 81.8 Å². The Morgan fingerprint density at radius 3 is 2.60 bits per heavy atom. The minimum atomic E-state index is -0.278. The molecule has 7 nitrogen and oxygen atoms in total. The van der Waals surface area contributed by atoms with Crippen LogP contribution in [0.4, 0.5) is 17.1 Å². The predicted octanol–water partition coefficient (Wildman–Crippen LogP) is 2.88. The van der Waals surface area contributed by atoms with Crippen LogP contribution in [0, 0.1) is 0 Å². The summed E-state index contributed by atoms with van der Waals surface area (Å²) in [6, 6.07) is 14.7. The molecule has 30 heavy (non-hydrogen) atoms. The van der Waals surface area contributed by atoms with Gasteiger partial charge in [-0.15, -0.1) is 0 Å². The Bertz CT molecular complexity index is 944. The second-order valence-electron chi connectivity index (χ2n) is 7.61. The summed E-state index contributed by atoms with van der Waals surface area (Å²) < 4.78 is 0. The zero-order chi connectivity index (χ0) is 21.7. The Morgan fingerprint density at radius 1 is 1.13 bits per heavy atom. The van der Waals surface area contributed by atoms with E-state index in [1.54, 1.807) is 22.9 Å². The van der Waals surface area contributed by atoms with Crippen molar-refractivity contribution in [2.75, 3.05) is 35.7 Å². The lowest BCUT2D eigenvalue weighted by Gasteiger charge is -2.29. The van der Waals surface area contributed by atoms with E-state index in [0.717, 1.165) is 17.7 Å². The number of carbonyl (C=O) groups is 3. The van der Waals surface area contributed by atoms with Gasteiger partial charge in [0.05, 0.1) is 24.5 Å². The summed E-state index contributed by atoms with van der Waals surface area (Å²) in [6.45, 7) is 4.05. The van der Waals surface area contributed by atoms with E-state index >= 15 is 0 Å². The Balaban J connectivity index is 1.66. The van der Waals surface area contributed by atoms with E-state index in [1.807, 2.05) is 56.3 Å². The number of hydrogen-bond donors (Lipinski definition) is 2. The molecule has 1 unspecified atom stereocenters. The molecule has 7 heteroatoms. The molecule has 0 saturated heterocycles. The molecule has 2 aromatic rings. The van der Waals surface area contributed by atoms with Gasteiger partial charge in [0.25, 0.3) is 0 Å². The quantitative estimate of drug-likeness (QED) is 0.770. The lowest BCUT2D eigenvalue weighted by molar-refractivity contribution is -0.121. The van der Waals surface area contributed by atoms with Crippen molar-refractivity contribution in [2.24, 2.45) is 0 Å². The summed E-state index contributed by atoms with van der Waals surface area (Å²) in [5.74, 6) is -0.448. The molecule has 0 saturated carbocycles. The number of nitrogens with zero attached hydrogens (tertiary/aromatic N) is 2. The van der Waals surface area contributed by atoms with Gasteiger partial charge < -0.3 is 15.5 Å². The molecular formula is C23H28N4O3. The van der Waals surface area contributed by atoms with Gasteiger partial charge in [0.1, 0.15) is 0 Å². The van der Waals surface area contributed by atoms with Crippen LogP contribution in [-0.2, 0) is 20.8 Å². The third-order valence-electron chi connectivity index (χ3n) is 5.12. The van der Waals surface area contributed by atoms with E-state index in [4.69, 9.17) is 0 Å². The first-order valence-electron chi connectivity index (χ1n) is 10.2. The number of amides is 3. The maximum Gasteiger partial charge on any atom is 0.241 e. The fourth-order valence-electron chi connectivity index (χ4n) is 3.72. The summed E-state index contributed by atoms with van der Waals surface area (Å²) in [5, 5.41) is 5.78. The van der Waals surface area contributed by atoms with Crippen LogP contribution >= 0.6 is 0 Å². The molecule has 0 bridgehead atoms. The highest BCUT2D eigenvalue weighted by atomic mass is 16.2. The van der Waals surface area contributed by atoms with E-state index in [1.165, 1.54) is 0 Å². The molecule has 3 amide bonds. The van der Waals surface area contributed by atoms with Crippen molar-refractivity contribution in [1.29, 1.82) is 0 Å². The van der Waals surface area contributed by atoms with Crippen LogP contribution in [0.25, 0.3) is 0 Å². The number of likely N-dealkylation sites (N-methyl/N-ethyl adjacent to an activating group) is 1. The van der Waals surface area contributed by atoms with Crippen molar-refractivity contribution in [2.45, 2.75) is 32.7 Å². The van der Waals surface area contributed by atoms with Crippen LogP contribution in [0.3, 0.4) is 0 Å². The normalized spacial score (nSPS) is 15.9. The van der Waals surface area contributed by atoms with Gasteiger partial charge in [0.15, 0.2) is 0 Å². The summed E-state index contributed by atoms with van der Waals surface area (Å²) >= 11 is 0. The van der Waals surface area contributed by atoms with Gasteiger partial charge >= 0.3 is 0 Å². The highest BCUT2D eigenvalue weighted by Gasteiger charge is 2.30. The number of nitrogens with one attached hydrogen (secondary N) is 2. The Hall–Kier alpha value is -3.19. The second-order valence-corrected chi connectivity index (χ2v) is 7.61. The van der Waals surface area contributed by atoms with Crippen molar-refractivity contribution >= 4 is 34.8 Å². The van der Waals surface area contributed by atoms with Crippen LogP contribution in [0.1, 0.15) is 25.8 Å². The van der Waals surface area contributed by atoms with Gasteiger partial charge in [-0.05, 0) is 44.2 Å². The van der Waals surface area contributed by atoms with Crippen LogP contribution in [0.2, 0.25) is 0 Å². The fraction of sp³-hybridized carbons (Fsp3) is 0.348. The molecule has 2 N–H and O–H groups in total. The van der Waals surface area contributed by atoms with Gasteiger partial charge in [0, 0.05) is 18.2 Å². The Labute approximate surface area is 177 Å². The number of para-hydroxylation sites is 3. The van der Waals surface area contributed by atoms with E-state index in [0.29, 0.717) is 11.4 Å². The average molecular weight is 409 g/mol. The lowest BCUT2D eigenvalue weighted by atomic mass is 10.1. The largest absolute Gasteiger partial charge is 0.325 e. The molecule has 0 fully saturated rings. The predicted molar refractivity (Wildman–Crippen MR) is 119 cm³/mol. The van der Waals surface area contributed by atoms with Gasteiger partial charge in [-0.3, -0.25) is 19.3 Å². The van der Waals surface area contributed by atoms with Gasteiger partial charge in [0.2, 0.25) is 17.7 Å². The van der Waals surface area contributed by atoms with Crippen LogP contribution in [-0.4, -0.2) is 48.8 Å². The second kappa shape index (κ2) is 9.54. The van der Waals surface area contributed by atoms with Crippen molar-refractivity contribution in [1.82, 2.24) is 4.90 Å². The SMILES string of the molecule is CCc1ccccc1NC(=O)CN(C)CC(=O)N1c2ccccc2NC(=O)CC1C. The Kier molecular flexibility index (Phi) is 6.84. The van der Waals surface area contributed by atoms with Crippen molar-refractivity contribution in [3.63, 3.8) is 0 Å². The molecule has 158 valence electrons. The number of carbonyl (C=O) groups excluding carboxylic acids is 3. The van der Waals surface area contributed by atoms with Gasteiger partial charge in [-0.2, -0.15) is 0 Å². The first-order chi connectivity index (χ1) is 14.4. The first-order valence-corrected chi connectivity index (χ1v) is 10.2. The summed E-state index contributed by atoms with van der Waals surface area (Å²) in [5.41, 5.74) is 3.16. The summed E-state index contributed by atoms with van der Waals surface area (Å²) in [6.07, 6.45) is 1.04. The van der Waals surface area contributed by atoms with Crippen molar-refractivity contribution in [3.05, 3.63) is 54.1 Å². The average Bonchev–Trinajstić information content (AvgIpc) is 2.82. The summed E-state index contributed by atoms with van der Waals surface area (Å²) in [7, 11) is 1.74. The molecule has 3 rings (SSSR count). The van der Waals surface area contributed by atoms with E-state index in [9.17, 15) is 14.4 Å². The number of rotatable bonds is 6. The maximum absolute atomic E-state index is 13.1. The molecule has 0 radical (unpaired) electrons. The number of hydrogen-bond acceptors (Lipinski definition) is 4. The maximum atomic E-state index is 13.1. The van der Waals surface area contributed by atoms with Crippen LogP contribution in [0.5, 0.6) is 0 Å². The van der Waals surface area contributed by atoms with E-state index < -0.39 is 0 Å². The third-order valence-corrected chi connectivity index (χ3v) is 5.12. The Morgan fingerprint density at radius 2 is 1.83 bits per heavy atom. The van der Waals surface area contributed by atoms with E-state index in [-0.39, 0.29) is 43.3 Å². The zero-order valence-corrected chi connectivity index (χ0v) is 17.6. The molecule has 1 atom stereocenters. The van der Waals surface area contributed by atoms with Gasteiger partial charge in [-0.25, -0.2) is 0 Å². The number of fused-ring (bicyclic) bond motifs is 1. The minimum Gasteiger partial charge on any atom is -0.325 e. The monoisotopic (exact) mass is 408 g/mol. The molecule has 0 aliphatic carbocycles. The number of benzene rings is 2. The molecule has 0 aromatic heterocycles. The van der Waals surface area contributed by atoms with Crippen molar-refractivity contribution in [3.8, 4) is 0 Å².